The molecule has 0 aliphatic carbocycles. The molecule has 21 heavy (non-hydrogen) atoms. The second kappa shape index (κ2) is 6.12. The minimum Gasteiger partial charge on any atom is -0.465 e. The van der Waals surface area contributed by atoms with E-state index in [1.807, 2.05) is 0 Å². The Morgan fingerprint density at radius 1 is 1.43 bits per heavy atom. The minimum atomic E-state index is -0.635. The fraction of sp³-hybridized carbons (Fsp3) is 0.562. The average molecular weight is 292 g/mol. The number of carbonyl (C=O) groups is 1. The number of halogens is 1. The van der Waals surface area contributed by atoms with E-state index in [0.29, 0.717) is 12.6 Å². The number of esters is 1. The van der Waals surface area contributed by atoms with Crippen molar-refractivity contribution in [2.45, 2.75) is 25.4 Å². The summed E-state index contributed by atoms with van der Waals surface area (Å²) < 4.78 is 18.4. The second-order valence-corrected chi connectivity index (χ2v) is 5.93. The highest BCUT2D eigenvalue weighted by molar-refractivity contribution is 5.89. The molecule has 0 amide bonds. The van der Waals surface area contributed by atoms with Crippen molar-refractivity contribution in [3.63, 3.8) is 0 Å². The predicted octanol–water partition coefficient (Wildman–Crippen LogP) is 1.80. The molecule has 1 aromatic carbocycles. The van der Waals surface area contributed by atoms with Crippen molar-refractivity contribution in [2.75, 3.05) is 26.7 Å². The maximum Gasteiger partial charge on any atom is 0.340 e. The highest BCUT2D eigenvalue weighted by atomic mass is 19.1. The molecule has 3 heterocycles. The molecule has 3 saturated heterocycles. The van der Waals surface area contributed by atoms with Crippen LogP contribution in [0, 0.1) is 11.7 Å². The zero-order valence-electron chi connectivity index (χ0n) is 12.3. The molecular weight excluding hydrogens is 271 g/mol. The Hall–Kier alpha value is -1.46. The topological polar surface area (TPSA) is 41.6 Å². The molecule has 4 rings (SSSR count). The van der Waals surface area contributed by atoms with Crippen LogP contribution in [0.25, 0.3) is 0 Å². The van der Waals surface area contributed by atoms with Crippen molar-refractivity contribution in [3.8, 4) is 0 Å². The van der Waals surface area contributed by atoms with Crippen LogP contribution < -0.4 is 5.32 Å². The maximum atomic E-state index is 13.9. The van der Waals surface area contributed by atoms with E-state index in [0.717, 1.165) is 18.0 Å². The molecule has 2 bridgehead atoms. The fourth-order valence-corrected chi connectivity index (χ4v) is 3.39. The summed E-state index contributed by atoms with van der Waals surface area (Å²) in [6, 6.07) is 5.19. The van der Waals surface area contributed by atoms with Gasteiger partial charge in [-0.15, -0.1) is 0 Å². The molecular formula is C16H21FN2O2. The number of methoxy groups -OCH3 is 1. The molecule has 1 aromatic rings. The smallest absolute Gasteiger partial charge is 0.340 e. The number of ether oxygens (including phenoxy) is 1. The van der Waals surface area contributed by atoms with Crippen LogP contribution in [0.3, 0.4) is 0 Å². The first kappa shape index (κ1) is 14.5. The molecule has 3 aliphatic heterocycles. The number of piperidine rings is 3. The van der Waals surface area contributed by atoms with Gasteiger partial charge >= 0.3 is 5.97 Å². The van der Waals surface area contributed by atoms with Gasteiger partial charge in [0.05, 0.1) is 12.7 Å². The molecule has 0 saturated carbocycles. The van der Waals surface area contributed by atoms with Crippen LogP contribution in [0.2, 0.25) is 0 Å². The summed E-state index contributed by atoms with van der Waals surface area (Å²) in [5.41, 5.74) is 0.848. The van der Waals surface area contributed by atoms with E-state index in [1.165, 1.54) is 45.2 Å². The Kier molecular flexibility index (Phi) is 4.22. The van der Waals surface area contributed by atoms with Gasteiger partial charge in [0.15, 0.2) is 0 Å². The molecule has 0 spiro atoms. The molecule has 5 heteroatoms. The number of nitrogens with zero attached hydrogens (tertiary/aromatic N) is 1. The summed E-state index contributed by atoms with van der Waals surface area (Å²) in [6.45, 7) is 4.15. The second-order valence-electron chi connectivity index (χ2n) is 5.93. The van der Waals surface area contributed by atoms with Crippen LogP contribution in [-0.2, 0) is 11.3 Å². The van der Waals surface area contributed by atoms with Gasteiger partial charge in [0.2, 0.25) is 0 Å². The monoisotopic (exact) mass is 292 g/mol. The third-order valence-corrected chi connectivity index (χ3v) is 4.66. The van der Waals surface area contributed by atoms with E-state index in [9.17, 15) is 9.18 Å². The van der Waals surface area contributed by atoms with E-state index < -0.39 is 11.8 Å². The molecule has 1 unspecified atom stereocenters. The van der Waals surface area contributed by atoms with Crippen LogP contribution >= 0.6 is 0 Å². The summed E-state index contributed by atoms with van der Waals surface area (Å²) in [4.78, 5) is 13.8. The zero-order chi connectivity index (χ0) is 14.8. The van der Waals surface area contributed by atoms with E-state index in [1.54, 1.807) is 6.07 Å². The highest BCUT2D eigenvalue weighted by Gasteiger charge is 2.33. The SMILES string of the molecule is COC(=O)c1ccc(CNC2CN3CCC2CC3)cc1F. The van der Waals surface area contributed by atoms with Crippen molar-refractivity contribution in [3.05, 3.63) is 35.1 Å². The summed E-state index contributed by atoms with van der Waals surface area (Å²) in [5.74, 6) is -0.409. The molecule has 0 radical (unpaired) electrons. The number of benzene rings is 1. The summed E-state index contributed by atoms with van der Waals surface area (Å²) in [7, 11) is 1.25. The van der Waals surface area contributed by atoms with E-state index in [-0.39, 0.29) is 5.56 Å². The number of carbonyl (C=O) groups excluding carboxylic acids is 1. The molecule has 114 valence electrons. The lowest BCUT2D eigenvalue weighted by Gasteiger charge is -2.45. The van der Waals surface area contributed by atoms with Crippen molar-refractivity contribution in [2.24, 2.45) is 5.92 Å². The quantitative estimate of drug-likeness (QED) is 0.859. The minimum absolute atomic E-state index is 0.0101. The van der Waals surface area contributed by atoms with Gasteiger partial charge in [-0.05, 0) is 49.5 Å². The molecule has 4 nitrogen and oxygen atoms in total. The standard InChI is InChI=1S/C16H21FN2O2/c1-21-16(20)13-3-2-11(8-14(13)17)9-18-15-10-19-6-4-12(15)5-7-19/h2-3,8,12,15,18H,4-7,9-10H2,1H3. The molecule has 3 aliphatic rings. The number of hydrogen-bond donors (Lipinski definition) is 1. The first-order valence-corrected chi connectivity index (χ1v) is 7.50. The Labute approximate surface area is 124 Å². The molecule has 1 atom stereocenters. The normalized spacial score (nSPS) is 27.6. The number of hydrogen-bond acceptors (Lipinski definition) is 4. The van der Waals surface area contributed by atoms with Crippen LogP contribution in [0.15, 0.2) is 18.2 Å². The predicted molar refractivity (Wildman–Crippen MR) is 77.5 cm³/mol. The molecule has 0 aromatic heterocycles. The van der Waals surface area contributed by atoms with Gasteiger partial charge in [-0.1, -0.05) is 6.07 Å². The van der Waals surface area contributed by atoms with Crippen molar-refractivity contribution in [1.29, 1.82) is 0 Å². The largest absolute Gasteiger partial charge is 0.465 e. The first-order valence-electron chi connectivity index (χ1n) is 7.50. The van der Waals surface area contributed by atoms with Crippen LogP contribution in [0.1, 0.15) is 28.8 Å². The third-order valence-electron chi connectivity index (χ3n) is 4.66. The van der Waals surface area contributed by atoms with Gasteiger partial charge in [0.1, 0.15) is 5.82 Å². The number of nitrogens with one attached hydrogen (secondary N) is 1. The molecule has 1 N–H and O–H groups in total. The van der Waals surface area contributed by atoms with Crippen LogP contribution in [0.5, 0.6) is 0 Å². The lowest BCUT2D eigenvalue weighted by Crippen LogP contribution is -2.55. The van der Waals surface area contributed by atoms with Crippen molar-refractivity contribution in [1.82, 2.24) is 10.2 Å². The fourth-order valence-electron chi connectivity index (χ4n) is 3.39. The van der Waals surface area contributed by atoms with Gasteiger partial charge in [-0.3, -0.25) is 0 Å². The molecule has 3 fully saturated rings. The zero-order valence-corrected chi connectivity index (χ0v) is 12.3. The van der Waals surface area contributed by atoms with Gasteiger partial charge in [0, 0.05) is 19.1 Å². The number of fused-ring (bicyclic) bond motifs is 3. The van der Waals surface area contributed by atoms with E-state index in [2.05, 4.69) is 15.0 Å². The van der Waals surface area contributed by atoms with Crippen molar-refractivity contribution < 1.29 is 13.9 Å². The average Bonchev–Trinajstić information content (AvgIpc) is 2.53. The van der Waals surface area contributed by atoms with Crippen molar-refractivity contribution >= 4 is 5.97 Å². The van der Waals surface area contributed by atoms with Gasteiger partial charge < -0.3 is 15.0 Å². The summed E-state index contributed by atoms with van der Waals surface area (Å²) >= 11 is 0. The first-order chi connectivity index (χ1) is 10.2. The van der Waals surface area contributed by atoms with Crippen LogP contribution in [-0.4, -0.2) is 43.7 Å². The highest BCUT2D eigenvalue weighted by Crippen LogP contribution is 2.27. The lowest BCUT2D eigenvalue weighted by molar-refractivity contribution is 0.0595. The van der Waals surface area contributed by atoms with Gasteiger partial charge in [0.25, 0.3) is 0 Å². The Bertz CT molecular complexity index is 527. The third kappa shape index (κ3) is 3.09. The maximum absolute atomic E-state index is 13.9. The van der Waals surface area contributed by atoms with Gasteiger partial charge in [-0.25, -0.2) is 9.18 Å². The lowest BCUT2D eigenvalue weighted by atomic mass is 9.84. The Morgan fingerprint density at radius 2 is 2.19 bits per heavy atom. The number of rotatable bonds is 4. The summed E-state index contributed by atoms with van der Waals surface area (Å²) in [6.07, 6.45) is 2.51. The van der Waals surface area contributed by atoms with E-state index >= 15 is 0 Å². The Balaban J connectivity index is 1.61. The van der Waals surface area contributed by atoms with E-state index in [4.69, 9.17) is 0 Å². The Morgan fingerprint density at radius 3 is 2.76 bits per heavy atom. The summed E-state index contributed by atoms with van der Waals surface area (Å²) in [5, 5.41) is 3.53. The van der Waals surface area contributed by atoms with Crippen LogP contribution in [0.4, 0.5) is 4.39 Å². The van der Waals surface area contributed by atoms with Gasteiger partial charge in [-0.2, -0.15) is 0 Å².